The van der Waals surface area contributed by atoms with Crippen molar-refractivity contribution in [1.82, 2.24) is 15.5 Å². The molecule has 0 heterocycles. The predicted molar refractivity (Wildman–Crippen MR) is 92.1 cm³/mol. The van der Waals surface area contributed by atoms with Crippen LogP contribution in [-0.4, -0.2) is 48.9 Å². The number of nitrogens with zero attached hydrogens (tertiary/aromatic N) is 1. The molecule has 1 aromatic carbocycles. The maximum absolute atomic E-state index is 11.9. The Bertz CT molecular complexity index is 396. The second-order valence-corrected chi connectivity index (χ2v) is 5.36. The first kappa shape index (κ1) is 17.9. The predicted octanol–water partition coefficient (Wildman–Crippen LogP) is 2.17. The van der Waals surface area contributed by atoms with E-state index in [1.54, 1.807) is 0 Å². The number of benzene rings is 1. The van der Waals surface area contributed by atoms with Gasteiger partial charge in [-0.25, -0.2) is 4.79 Å². The minimum Gasteiger partial charge on any atom is -0.337 e. The number of nitrogens with one attached hydrogen (secondary N) is 2. The van der Waals surface area contributed by atoms with E-state index in [2.05, 4.69) is 54.1 Å². The number of hydrogen-bond acceptors (Lipinski definition) is 3. The van der Waals surface area contributed by atoms with Crippen molar-refractivity contribution in [2.75, 3.05) is 31.9 Å². The van der Waals surface area contributed by atoms with Crippen molar-refractivity contribution < 1.29 is 4.79 Å². The summed E-state index contributed by atoms with van der Waals surface area (Å²) in [6.07, 6.45) is 0.799. The zero-order valence-electron chi connectivity index (χ0n) is 13.0. The van der Waals surface area contributed by atoms with Crippen molar-refractivity contribution in [3.63, 3.8) is 0 Å². The molecule has 2 amide bonds. The minimum absolute atomic E-state index is 0.0455. The van der Waals surface area contributed by atoms with Gasteiger partial charge in [0.15, 0.2) is 0 Å². The van der Waals surface area contributed by atoms with E-state index < -0.39 is 0 Å². The lowest BCUT2D eigenvalue weighted by atomic mass is 10.1. The molecule has 1 atom stereocenters. The largest absolute Gasteiger partial charge is 0.337 e. The number of carbonyl (C=O) groups excluding carboxylic acids is 1. The fraction of sp³-hybridized carbons (Fsp3) is 0.562. The summed E-state index contributed by atoms with van der Waals surface area (Å²) in [5, 5.41) is 5.89. The molecule has 0 saturated carbocycles. The third-order valence-electron chi connectivity index (χ3n) is 3.49. The van der Waals surface area contributed by atoms with Gasteiger partial charge in [-0.15, -0.1) is 0 Å². The summed E-state index contributed by atoms with van der Waals surface area (Å²) in [6, 6.07) is 10.1. The average Bonchev–Trinajstić information content (AvgIpc) is 2.52. The van der Waals surface area contributed by atoms with Gasteiger partial charge in [0, 0.05) is 24.9 Å². The van der Waals surface area contributed by atoms with E-state index in [9.17, 15) is 4.79 Å². The Labute approximate surface area is 133 Å². The zero-order valence-corrected chi connectivity index (χ0v) is 13.9. The second kappa shape index (κ2) is 10.5. The Morgan fingerprint density at radius 3 is 2.48 bits per heavy atom. The highest BCUT2D eigenvalue weighted by Crippen LogP contribution is 2.04. The second-order valence-electron chi connectivity index (χ2n) is 5.00. The van der Waals surface area contributed by atoms with Gasteiger partial charge in [0.1, 0.15) is 0 Å². The maximum Gasteiger partial charge on any atom is 0.315 e. The van der Waals surface area contributed by atoms with Gasteiger partial charge >= 0.3 is 6.03 Å². The summed E-state index contributed by atoms with van der Waals surface area (Å²) in [4.78, 5) is 14.2. The van der Waals surface area contributed by atoms with E-state index in [-0.39, 0.29) is 12.1 Å². The average molecular weight is 309 g/mol. The van der Waals surface area contributed by atoms with E-state index in [0.29, 0.717) is 12.3 Å². The zero-order chi connectivity index (χ0) is 15.5. The molecule has 1 unspecified atom stereocenters. The molecule has 2 N–H and O–H groups in total. The minimum atomic E-state index is -0.114. The Hall–Kier alpha value is -1.20. The monoisotopic (exact) mass is 309 g/mol. The van der Waals surface area contributed by atoms with Crippen LogP contribution in [0.2, 0.25) is 0 Å². The molecule has 0 aromatic heterocycles. The van der Waals surface area contributed by atoms with Crippen molar-refractivity contribution in [2.24, 2.45) is 0 Å². The molecule has 118 valence electrons. The first-order chi connectivity index (χ1) is 10.2. The van der Waals surface area contributed by atoms with Crippen molar-refractivity contribution in [3.05, 3.63) is 35.9 Å². The Kier molecular flexibility index (Phi) is 8.94. The molecule has 0 aliphatic heterocycles. The van der Waals surface area contributed by atoms with Gasteiger partial charge in [-0.1, -0.05) is 44.2 Å². The highest BCUT2D eigenvalue weighted by molar-refractivity contribution is 7.80. The van der Waals surface area contributed by atoms with Crippen molar-refractivity contribution in [3.8, 4) is 0 Å². The fourth-order valence-electron chi connectivity index (χ4n) is 2.16. The van der Waals surface area contributed by atoms with Gasteiger partial charge in [-0.3, -0.25) is 0 Å². The molecule has 4 nitrogen and oxygen atoms in total. The number of amides is 2. The summed E-state index contributed by atoms with van der Waals surface area (Å²) in [7, 11) is 0. The number of urea groups is 1. The van der Waals surface area contributed by atoms with Crippen LogP contribution in [0.5, 0.6) is 0 Å². The van der Waals surface area contributed by atoms with Crippen LogP contribution in [0.25, 0.3) is 0 Å². The molecule has 0 bridgehead atoms. The van der Waals surface area contributed by atoms with E-state index in [1.165, 1.54) is 5.56 Å². The van der Waals surface area contributed by atoms with Gasteiger partial charge < -0.3 is 15.5 Å². The normalized spacial score (nSPS) is 12.2. The van der Waals surface area contributed by atoms with Crippen LogP contribution in [0.3, 0.4) is 0 Å². The van der Waals surface area contributed by atoms with Crippen LogP contribution in [0, 0.1) is 0 Å². The van der Waals surface area contributed by atoms with Crippen LogP contribution in [0.15, 0.2) is 30.3 Å². The summed E-state index contributed by atoms with van der Waals surface area (Å²) in [5.41, 5.74) is 1.21. The van der Waals surface area contributed by atoms with E-state index in [1.807, 2.05) is 18.2 Å². The van der Waals surface area contributed by atoms with Crippen molar-refractivity contribution in [1.29, 1.82) is 0 Å². The molecule has 0 radical (unpaired) electrons. The molecule has 0 saturated heterocycles. The number of carbonyl (C=O) groups is 1. The number of hydrogen-bond donors (Lipinski definition) is 3. The molecule has 21 heavy (non-hydrogen) atoms. The lowest BCUT2D eigenvalue weighted by Gasteiger charge is -2.20. The Balaban J connectivity index is 2.31. The van der Waals surface area contributed by atoms with Crippen LogP contribution < -0.4 is 10.6 Å². The van der Waals surface area contributed by atoms with Crippen LogP contribution in [0.4, 0.5) is 4.79 Å². The molecule has 1 rings (SSSR count). The molecule has 0 spiro atoms. The SMILES string of the molecule is CCN(CC)CCNC(=O)NC(CS)Cc1ccccc1. The fourth-order valence-corrected chi connectivity index (χ4v) is 2.38. The maximum atomic E-state index is 11.9. The third-order valence-corrected chi connectivity index (χ3v) is 3.93. The van der Waals surface area contributed by atoms with E-state index >= 15 is 0 Å². The number of likely N-dealkylation sites (N-methyl/N-ethyl adjacent to an activating group) is 1. The van der Waals surface area contributed by atoms with E-state index in [0.717, 1.165) is 26.1 Å². The first-order valence-corrected chi connectivity index (χ1v) is 8.24. The molecular weight excluding hydrogens is 282 g/mol. The Morgan fingerprint density at radius 2 is 1.90 bits per heavy atom. The summed E-state index contributed by atoms with van der Waals surface area (Å²) in [6.45, 7) is 7.81. The highest BCUT2D eigenvalue weighted by atomic mass is 32.1. The lowest BCUT2D eigenvalue weighted by Crippen LogP contribution is -2.46. The molecule has 5 heteroatoms. The highest BCUT2D eigenvalue weighted by Gasteiger charge is 2.11. The van der Waals surface area contributed by atoms with Gasteiger partial charge in [0.2, 0.25) is 0 Å². The number of rotatable bonds is 9. The topological polar surface area (TPSA) is 44.4 Å². The van der Waals surface area contributed by atoms with Gasteiger partial charge in [-0.2, -0.15) is 12.6 Å². The van der Waals surface area contributed by atoms with Gasteiger partial charge in [0.05, 0.1) is 0 Å². The molecular formula is C16H27N3OS. The quantitative estimate of drug-likeness (QED) is 0.612. The van der Waals surface area contributed by atoms with Crippen LogP contribution in [-0.2, 0) is 6.42 Å². The molecule has 0 aliphatic carbocycles. The smallest absolute Gasteiger partial charge is 0.315 e. The number of thiol groups is 1. The summed E-state index contributed by atoms with van der Waals surface area (Å²) in [5.74, 6) is 0.623. The standard InChI is InChI=1S/C16H27N3OS/c1-3-19(4-2)11-10-17-16(20)18-15(13-21)12-14-8-6-5-7-9-14/h5-9,15,21H,3-4,10-13H2,1-2H3,(H2,17,18,20). The summed E-state index contributed by atoms with van der Waals surface area (Å²) >= 11 is 4.32. The first-order valence-electron chi connectivity index (χ1n) is 7.61. The van der Waals surface area contributed by atoms with Crippen LogP contribution >= 0.6 is 12.6 Å². The van der Waals surface area contributed by atoms with Crippen LogP contribution in [0.1, 0.15) is 19.4 Å². The lowest BCUT2D eigenvalue weighted by molar-refractivity contribution is 0.234. The molecule has 1 aromatic rings. The molecule has 0 fully saturated rings. The van der Waals surface area contributed by atoms with E-state index in [4.69, 9.17) is 0 Å². The van der Waals surface area contributed by atoms with Crippen molar-refractivity contribution in [2.45, 2.75) is 26.3 Å². The van der Waals surface area contributed by atoms with Gasteiger partial charge in [-0.05, 0) is 25.1 Å². The van der Waals surface area contributed by atoms with Gasteiger partial charge in [0.25, 0.3) is 0 Å². The van der Waals surface area contributed by atoms with Crippen molar-refractivity contribution >= 4 is 18.7 Å². The third kappa shape index (κ3) is 7.39. The molecule has 0 aliphatic rings. The Morgan fingerprint density at radius 1 is 1.24 bits per heavy atom. The summed E-state index contributed by atoms with van der Waals surface area (Å²) < 4.78 is 0.